The molecule has 0 saturated carbocycles. The number of ether oxygens (including phenoxy) is 2. The van der Waals surface area contributed by atoms with Crippen molar-refractivity contribution in [2.75, 3.05) is 20.3 Å². The van der Waals surface area contributed by atoms with E-state index in [4.69, 9.17) is 4.74 Å². The van der Waals surface area contributed by atoms with Gasteiger partial charge in [-0.25, -0.2) is 4.79 Å². The summed E-state index contributed by atoms with van der Waals surface area (Å²) in [5.74, 6) is -0.434. The number of carbonyl (C=O) groups excluding carboxylic acids is 1. The van der Waals surface area contributed by atoms with E-state index in [-0.39, 0.29) is 6.61 Å². The monoisotopic (exact) mass is 170 g/mol. The van der Waals surface area contributed by atoms with Gasteiger partial charge in [0.25, 0.3) is 0 Å². The number of carbonyl (C=O) groups is 1. The van der Waals surface area contributed by atoms with E-state index in [9.17, 15) is 4.79 Å². The fourth-order valence-corrected chi connectivity index (χ4v) is 0.552. The highest BCUT2D eigenvalue weighted by molar-refractivity contribution is 5.87. The first-order valence-electron chi connectivity index (χ1n) is 3.56. The maximum absolute atomic E-state index is 10.8. The molecule has 0 aliphatic carbocycles. The van der Waals surface area contributed by atoms with E-state index >= 15 is 0 Å². The van der Waals surface area contributed by atoms with Crippen LogP contribution in [0.3, 0.4) is 0 Å². The van der Waals surface area contributed by atoms with Gasteiger partial charge in [0.2, 0.25) is 0 Å². The van der Waals surface area contributed by atoms with E-state index in [1.807, 2.05) is 6.92 Å². The van der Waals surface area contributed by atoms with Crippen molar-refractivity contribution in [3.8, 4) is 0 Å². The summed E-state index contributed by atoms with van der Waals surface area (Å²) >= 11 is 0. The first kappa shape index (κ1) is 10.9. The van der Waals surface area contributed by atoms with Crippen LogP contribution < -0.4 is 0 Å². The standard InChI is InChI=1S/C9H14O3/c1-7(2)5-12-6-8(3)9(10)11-4/h1,3,5-6H2,2,4H3. The molecule has 0 aromatic carbocycles. The minimum Gasteiger partial charge on any atom is -0.466 e. The van der Waals surface area contributed by atoms with Gasteiger partial charge in [-0.3, -0.25) is 0 Å². The zero-order valence-electron chi connectivity index (χ0n) is 7.55. The number of hydrogen-bond acceptors (Lipinski definition) is 3. The molecule has 0 fully saturated rings. The van der Waals surface area contributed by atoms with E-state index in [0.29, 0.717) is 12.2 Å². The second-order valence-corrected chi connectivity index (χ2v) is 2.55. The van der Waals surface area contributed by atoms with Crippen LogP contribution in [0.4, 0.5) is 0 Å². The van der Waals surface area contributed by atoms with E-state index in [2.05, 4.69) is 17.9 Å². The van der Waals surface area contributed by atoms with Crippen LogP contribution >= 0.6 is 0 Å². The fourth-order valence-electron chi connectivity index (χ4n) is 0.552. The highest BCUT2D eigenvalue weighted by atomic mass is 16.5. The van der Waals surface area contributed by atoms with Crippen LogP contribution in [-0.4, -0.2) is 26.3 Å². The Morgan fingerprint density at radius 2 is 1.92 bits per heavy atom. The highest BCUT2D eigenvalue weighted by Gasteiger charge is 2.05. The molecule has 0 spiro atoms. The number of methoxy groups -OCH3 is 1. The van der Waals surface area contributed by atoms with Gasteiger partial charge in [0.1, 0.15) is 0 Å². The van der Waals surface area contributed by atoms with Crippen LogP contribution in [0.1, 0.15) is 6.92 Å². The van der Waals surface area contributed by atoms with Gasteiger partial charge in [0.15, 0.2) is 0 Å². The molecule has 0 amide bonds. The third-order valence-electron chi connectivity index (χ3n) is 1.10. The Kier molecular flexibility index (Phi) is 5.04. The number of hydrogen-bond donors (Lipinski definition) is 0. The molecule has 0 rings (SSSR count). The summed E-state index contributed by atoms with van der Waals surface area (Å²) in [4.78, 5) is 10.8. The summed E-state index contributed by atoms with van der Waals surface area (Å²) in [7, 11) is 1.31. The number of rotatable bonds is 5. The molecular weight excluding hydrogens is 156 g/mol. The molecule has 3 heteroatoms. The summed E-state index contributed by atoms with van der Waals surface area (Å²) in [6.45, 7) is 9.62. The quantitative estimate of drug-likeness (QED) is 0.354. The van der Waals surface area contributed by atoms with Gasteiger partial charge >= 0.3 is 5.97 Å². The van der Waals surface area contributed by atoms with Crippen molar-refractivity contribution in [1.29, 1.82) is 0 Å². The van der Waals surface area contributed by atoms with Crippen LogP contribution in [0.25, 0.3) is 0 Å². The van der Waals surface area contributed by atoms with Gasteiger partial charge in [0, 0.05) is 0 Å². The zero-order chi connectivity index (χ0) is 9.56. The molecular formula is C9H14O3. The Morgan fingerprint density at radius 1 is 1.33 bits per heavy atom. The molecule has 68 valence electrons. The zero-order valence-corrected chi connectivity index (χ0v) is 7.55. The molecule has 3 nitrogen and oxygen atoms in total. The second kappa shape index (κ2) is 5.55. The summed E-state index contributed by atoms with van der Waals surface area (Å²) < 4.78 is 9.51. The van der Waals surface area contributed by atoms with Crippen LogP contribution in [-0.2, 0) is 14.3 Å². The lowest BCUT2D eigenvalue weighted by atomic mass is 10.3. The van der Waals surface area contributed by atoms with Crippen molar-refractivity contribution in [2.24, 2.45) is 0 Å². The highest BCUT2D eigenvalue weighted by Crippen LogP contribution is 1.96. The molecule has 0 aromatic rings. The van der Waals surface area contributed by atoms with Gasteiger partial charge in [-0.2, -0.15) is 0 Å². The summed E-state index contributed by atoms with van der Waals surface area (Å²) in [5, 5.41) is 0. The minimum atomic E-state index is -0.434. The lowest BCUT2D eigenvalue weighted by molar-refractivity contribution is -0.136. The van der Waals surface area contributed by atoms with Crippen LogP contribution in [0.15, 0.2) is 24.3 Å². The van der Waals surface area contributed by atoms with Crippen LogP contribution in [0.2, 0.25) is 0 Å². The van der Waals surface area contributed by atoms with Crippen molar-refractivity contribution < 1.29 is 14.3 Å². The lowest BCUT2D eigenvalue weighted by Crippen LogP contribution is -2.10. The van der Waals surface area contributed by atoms with Crippen LogP contribution in [0, 0.1) is 0 Å². The van der Waals surface area contributed by atoms with Gasteiger partial charge < -0.3 is 9.47 Å². The molecule has 0 unspecified atom stereocenters. The van der Waals surface area contributed by atoms with E-state index in [1.165, 1.54) is 7.11 Å². The van der Waals surface area contributed by atoms with Gasteiger partial charge in [-0.1, -0.05) is 18.7 Å². The Hall–Kier alpha value is -1.09. The predicted octanol–water partition coefficient (Wildman–Crippen LogP) is 1.31. The topological polar surface area (TPSA) is 35.5 Å². The third kappa shape index (κ3) is 4.68. The Morgan fingerprint density at radius 3 is 2.33 bits per heavy atom. The molecule has 0 aliphatic heterocycles. The van der Waals surface area contributed by atoms with Crippen molar-refractivity contribution in [2.45, 2.75) is 6.92 Å². The van der Waals surface area contributed by atoms with Crippen molar-refractivity contribution in [3.05, 3.63) is 24.3 Å². The molecule has 0 bridgehead atoms. The van der Waals surface area contributed by atoms with Gasteiger partial charge in [0.05, 0.1) is 25.9 Å². The third-order valence-corrected chi connectivity index (χ3v) is 1.10. The van der Waals surface area contributed by atoms with Crippen LogP contribution in [0.5, 0.6) is 0 Å². The van der Waals surface area contributed by atoms with E-state index < -0.39 is 5.97 Å². The summed E-state index contributed by atoms with van der Waals surface area (Å²) in [6, 6.07) is 0. The molecule has 0 heterocycles. The average Bonchev–Trinajstić information content (AvgIpc) is 2.02. The Bertz CT molecular complexity index is 194. The summed E-state index contributed by atoms with van der Waals surface area (Å²) in [5.41, 5.74) is 1.23. The molecule has 0 radical (unpaired) electrons. The average molecular weight is 170 g/mol. The fraction of sp³-hybridized carbons (Fsp3) is 0.444. The molecule has 0 saturated heterocycles. The largest absolute Gasteiger partial charge is 0.466 e. The first-order valence-corrected chi connectivity index (χ1v) is 3.56. The minimum absolute atomic E-state index is 0.194. The number of esters is 1. The summed E-state index contributed by atoms with van der Waals surface area (Å²) in [6.07, 6.45) is 0. The normalized spacial score (nSPS) is 9.17. The maximum atomic E-state index is 10.8. The molecule has 0 aliphatic rings. The Labute approximate surface area is 72.7 Å². The predicted molar refractivity (Wildman–Crippen MR) is 46.8 cm³/mol. The lowest BCUT2D eigenvalue weighted by Gasteiger charge is -2.04. The van der Waals surface area contributed by atoms with Gasteiger partial charge in [-0.15, -0.1) is 0 Å². The van der Waals surface area contributed by atoms with Crippen molar-refractivity contribution in [3.63, 3.8) is 0 Å². The SMILES string of the molecule is C=C(C)COCC(=C)C(=O)OC. The van der Waals surface area contributed by atoms with E-state index in [0.717, 1.165) is 5.57 Å². The Balaban J connectivity index is 3.58. The molecule has 0 atom stereocenters. The van der Waals surface area contributed by atoms with Crippen molar-refractivity contribution >= 4 is 5.97 Å². The molecule has 12 heavy (non-hydrogen) atoms. The van der Waals surface area contributed by atoms with Crippen molar-refractivity contribution in [1.82, 2.24) is 0 Å². The maximum Gasteiger partial charge on any atom is 0.335 e. The molecule has 0 aromatic heterocycles. The molecule has 0 N–H and O–H groups in total. The van der Waals surface area contributed by atoms with Gasteiger partial charge in [-0.05, 0) is 6.92 Å². The second-order valence-electron chi connectivity index (χ2n) is 2.55. The smallest absolute Gasteiger partial charge is 0.335 e. The van der Waals surface area contributed by atoms with E-state index in [1.54, 1.807) is 0 Å². The first-order chi connectivity index (χ1) is 5.57.